The standard InChI is InChI=1S/C25H19ClI2N4O3/c26-19-3-1-2-4-22(19)31-23(33)9-10-24(34)32-30-14-18-11-20(27)25(21(28)12-18)35-15-17-7-5-16(13-29)6-8-17/h1-8,11-12,14H,9-10,15H2,(H,31,33)(H,32,34). The lowest BCUT2D eigenvalue weighted by Crippen LogP contribution is -2.20. The van der Waals surface area contributed by atoms with E-state index in [0.717, 1.165) is 24.0 Å². The number of nitriles is 1. The number of hydrazone groups is 1. The van der Waals surface area contributed by atoms with Crippen molar-refractivity contribution in [1.82, 2.24) is 5.43 Å². The van der Waals surface area contributed by atoms with Crippen LogP contribution >= 0.6 is 56.8 Å². The van der Waals surface area contributed by atoms with Gasteiger partial charge in [-0.2, -0.15) is 10.4 Å². The summed E-state index contributed by atoms with van der Waals surface area (Å²) in [6, 6.07) is 20.0. The molecule has 0 heterocycles. The maximum absolute atomic E-state index is 12.0. The summed E-state index contributed by atoms with van der Waals surface area (Å²) in [7, 11) is 0. The van der Waals surface area contributed by atoms with Gasteiger partial charge in [0, 0.05) is 12.8 Å². The molecule has 0 radical (unpaired) electrons. The van der Waals surface area contributed by atoms with Gasteiger partial charge in [0.25, 0.3) is 0 Å². The van der Waals surface area contributed by atoms with Crippen LogP contribution in [0.3, 0.4) is 0 Å². The fourth-order valence-electron chi connectivity index (χ4n) is 2.86. The van der Waals surface area contributed by atoms with E-state index in [1.54, 1.807) is 36.4 Å². The molecule has 178 valence electrons. The van der Waals surface area contributed by atoms with E-state index < -0.39 is 0 Å². The van der Waals surface area contributed by atoms with E-state index >= 15 is 0 Å². The second kappa shape index (κ2) is 13.4. The van der Waals surface area contributed by atoms with Gasteiger partial charge in [-0.3, -0.25) is 9.59 Å². The third kappa shape index (κ3) is 8.48. The Hall–Kier alpha value is -2.69. The van der Waals surface area contributed by atoms with Crippen molar-refractivity contribution in [3.05, 3.63) is 89.5 Å². The molecule has 0 unspecified atom stereocenters. The predicted octanol–water partition coefficient (Wildman–Crippen LogP) is 5.87. The van der Waals surface area contributed by atoms with Crippen molar-refractivity contribution in [2.45, 2.75) is 19.4 Å². The minimum Gasteiger partial charge on any atom is -0.487 e. The van der Waals surface area contributed by atoms with Crippen LogP contribution in [0, 0.1) is 18.5 Å². The average Bonchev–Trinajstić information content (AvgIpc) is 2.84. The van der Waals surface area contributed by atoms with Crippen LogP contribution in [0.5, 0.6) is 5.75 Å². The molecule has 35 heavy (non-hydrogen) atoms. The molecule has 3 aromatic carbocycles. The summed E-state index contributed by atoms with van der Waals surface area (Å²) in [5.74, 6) is 0.0709. The number of ether oxygens (including phenoxy) is 1. The van der Waals surface area contributed by atoms with E-state index in [1.165, 1.54) is 6.21 Å². The van der Waals surface area contributed by atoms with Crippen LogP contribution in [-0.4, -0.2) is 18.0 Å². The van der Waals surface area contributed by atoms with Gasteiger partial charge in [0.15, 0.2) is 0 Å². The van der Waals surface area contributed by atoms with Gasteiger partial charge in [0.05, 0.1) is 35.7 Å². The van der Waals surface area contributed by atoms with Crippen LogP contribution in [0.2, 0.25) is 5.02 Å². The summed E-state index contributed by atoms with van der Waals surface area (Å²) < 4.78 is 7.76. The third-order valence-electron chi connectivity index (χ3n) is 4.62. The largest absolute Gasteiger partial charge is 0.487 e. The van der Waals surface area contributed by atoms with Crippen molar-refractivity contribution in [2.75, 3.05) is 5.32 Å². The SMILES string of the molecule is N#Cc1ccc(COc2c(I)cc(C=NNC(=O)CCC(=O)Nc3ccccc3Cl)cc2I)cc1. The highest BCUT2D eigenvalue weighted by Crippen LogP contribution is 2.29. The summed E-state index contributed by atoms with van der Waals surface area (Å²) in [6.45, 7) is 0.380. The summed E-state index contributed by atoms with van der Waals surface area (Å²) in [5.41, 5.74) is 5.30. The number of hydrogen-bond acceptors (Lipinski definition) is 5. The fourth-order valence-corrected chi connectivity index (χ4v) is 5.17. The predicted molar refractivity (Wildman–Crippen MR) is 152 cm³/mol. The van der Waals surface area contributed by atoms with Gasteiger partial charge >= 0.3 is 0 Å². The number of nitrogens with one attached hydrogen (secondary N) is 2. The van der Waals surface area contributed by atoms with Gasteiger partial charge in [-0.05, 0) is 92.7 Å². The van der Waals surface area contributed by atoms with Crippen molar-refractivity contribution in [3.8, 4) is 11.8 Å². The molecule has 0 fully saturated rings. The van der Waals surface area contributed by atoms with Crippen LogP contribution in [-0.2, 0) is 16.2 Å². The van der Waals surface area contributed by atoms with Crippen LogP contribution in [0.4, 0.5) is 5.69 Å². The third-order valence-corrected chi connectivity index (χ3v) is 6.55. The fraction of sp³-hybridized carbons (Fsp3) is 0.120. The number of amides is 2. The Morgan fingerprint density at radius 3 is 2.34 bits per heavy atom. The number of hydrogen-bond donors (Lipinski definition) is 2. The van der Waals surface area contributed by atoms with Crippen LogP contribution in [0.1, 0.15) is 29.5 Å². The number of halogens is 3. The molecular formula is C25H19ClI2N4O3. The Morgan fingerprint density at radius 2 is 1.69 bits per heavy atom. The normalized spacial score (nSPS) is 10.6. The molecule has 0 aliphatic carbocycles. The Kier molecular flexibility index (Phi) is 10.3. The molecule has 0 spiro atoms. The molecule has 0 bridgehead atoms. The number of benzene rings is 3. The lowest BCUT2D eigenvalue weighted by molar-refractivity contribution is -0.124. The zero-order valence-electron chi connectivity index (χ0n) is 18.2. The van der Waals surface area contributed by atoms with Gasteiger partial charge in [-0.25, -0.2) is 5.43 Å². The van der Waals surface area contributed by atoms with Crippen molar-refractivity contribution in [1.29, 1.82) is 5.26 Å². The molecule has 0 aliphatic rings. The number of carbonyl (C=O) groups excluding carboxylic acids is 2. The Balaban J connectivity index is 1.48. The lowest BCUT2D eigenvalue weighted by atomic mass is 10.1. The summed E-state index contributed by atoms with van der Waals surface area (Å²) in [4.78, 5) is 24.1. The number of rotatable bonds is 9. The quantitative estimate of drug-likeness (QED) is 0.165. The summed E-state index contributed by atoms with van der Waals surface area (Å²) >= 11 is 10.4. The van der Waals surface area contributed by atoms with Crippen LogP contribution in [0.15, 0.2) is 65.8 Å². The molecule has 2 amide bonds. The molecule has 0 saturated heterocycles. The maximum Gasteiger partial charge on any atom is 0.240 e. The second-order valence-corrected chi connectivity index (χ2v) is 9.96. The second-order valence-electron chi connectivity index (χ2n) is 7.23. The van der Waals surface area contributed by atoms with Crippen molar-refractivity contribution in [3.63, 3.8) is 0 Å². The maximum atomic E-state index is 12.0. The van der Waals surface area contributed by atoms with Crippen LogP contribution < -0.4 is 15.5 Å². The first-order valence-electron chi connectivity index (χ1n) is 10.3. The molecule has 10 heteroatoms. The monoisotopic (exact) mass is 712 g/mol. The van der Waals surface area contributed by atoms with Gasteiger partial charge in [0.1, 0.15) is 12.4 Å². The van der Waals surface area contributed by atoms with Gasteiger partial charge in [-0.1, -0.05) is 35.9 Å². The molecule has 3 aromatic rings. The molecular weight excluding hydrogens is 694 g/mol. The van der Waals surface area contributed by atoms with Gasteiger partial charge < -0.3 is 10.1 Å². The minimum absolute atomic E-state index is 0.00759. The lowest BCUT2D eigenvalue weighted by Gasteiger charge is -2.11. The van der Waals surface area contributed by atoms with E-state index in [4.69, 9.17) is 21.6 Å². The zero-order valence-corrected chi connectivity index (χ0v) is 23.3. The van der Waals surface area contributed by atoms with Gasteiger partial charge in [0.2, 0.25) is 11.8 Å². The first kappa shape index (κ1) is 26.9. The molecule has 0 saturated carbocycles. The first-order valence-corrected chi connectivity index (χ1v) is 12.9. The number of para-hydroxylation sites is 1. The molecule has 0 atom stereocenters. The highest BCUT2D eigenvalue weighted by Gasteiger charge is 2.10. The Bertz CT molecular complexity index is 1270. The van der Waals surface area contributed by atoms with Crippen molar-refractivity contribution in [2.24, 2.45) is 5.10 Å². The molecule has 7 nitrogen and oxygen atoms in total. The molecule has 0 aromatic heterocycles. The minimum atomic E-state index is -0.373. The zero-order chi connectivity index (χ0) is 25.2. The average molecular weight is 713 g/mol. The Morgan fingerprint density at radius 1 is 1.03 bits per heavy atom. The van der Waals surface area contributed by atoms with E-state index in [2.05, 4.69) is 67.1 Å². The van der Waals surface area contributed by atoms with E-state index in [1.807, 2.05) is 24.3 Å². The van der Waals surface area contributed by atoms with Crippen molar-refractivity contribution < 1.29 is 14.3 Å². The summed E-state index contributed by atoms with van der Waals surface area (Å²) in [6.07, 6.45) is 1.54. The number of carbonyl (C=O) groups is 2. The van der Waals surface area contributed by atoms with E-state index in [9.17, 15) is 9.59 Å². The van der Waals surface area contributed by atoms with E-state index in [0.29, 0.717) is 22.9 Å². The molecule has 2 N–H and O–H groups in total. The molecule has 0 aliphatic heterocycles. The molecule has 3 rings (SSSR count). The topological polar surface area (TPSA) is 104 Å². The summed E-state index contributed by atoms with van der Waals surface area (Å²) in [5, 5.41) is 16.0. The number of nitrogens with zero attached hydrogens (tertiary/aromatic N) is 2. The Labute approximate surface area is 235 Å². The van der Waals surface area contributed by atoms with Gasteiger partial charge in [-0.15, -0.1) is 0 Å². The van der Waals surface area contributed by atoms with E-state index in [-0.39, 0.29) is 24.7 Å². The highest BCUT2D eigenvalue weighted by atomic mass is 127. The first-order chi connectivity index (χ1) is 16.9. The van der Waals surface area contributed by atoms with Crippen LogP contribution in [0.25, 0.3) is 0 Å². The highest BCUT2D eigenvalue weighted by molar-refractivity contribution is 14.1. The smallest absolute Gasteiger partial charge is 0.240 e. The number of anilines is 1. The van der Waals surface area contributed by atoms with Crippen molar-refractivity contribution >= 4 is 80.5 Å².